The van der Waals surface area contributed by atoms with Crippen LogP contribution in [0.15, 0.2) is 58.7 Å². The summed E-state index contributed by atoms with van der Waals surface area (Å²) in [7, 11) is 3.01. The molecule has 0 aliphatic heterocycles. The van der Waals surface area contributed by atoms with E-state index in [2.05, 4.69) is 6.58 Å². The summed E-state index contributed by atoms with van der Waals surface area (Å²) in [5, 5.41) is 0. The maximum atomic E-state index is 12.8. The van der Waals surface area contributed by atoms with Crippen LogP contribution >= 0.6 is 0 Å². The minimum atomic E-state index is -0.553. The molecule has 0 saturated carbocycles. The van der Waals surface area contributed by atoms with Gasteiger partial charge in [-0.05, 0) is 18.6 Å². The largest absolute Gasteiger partial charge is 0.463 e. The lowest BCUT2D eigenvalue weighted by Gasteiger charge is -2.27. The molecule has 0 N–H and O–H groups in total. The smallest absolute Gasteiger partial charge is 0.332 e. The third-order valence-corrected chi connectivity index (χ3v) is 4.21. The van der Waals surface area contributed by atoms with E-state index in [-0.39, 0.29) is 12.2 Å². The number of carbonyl (C=O) groups excluding carboxylic acids is 1. The second-order valence-corrected chi connectivity index (χ2v) is 6.18. The van der Waals surface area contributed by atoms with Gasteiger partial charge in [-0.2, -0.15) is 0 Å². The Hall–Kier alpha value is -3.35. The molecule has 0 saturated heterocycles. The minimum Gasteiger partial charge on any atom is -0.463 e. The Bertz CT molecular complexity index is 987. The molecule has 0 spiro atoms. The Kier molecular flexibility index (Phi) is 7.14. The molecule has 0 fully saturated rings. The van der Waals surface area contributed by atoms with Crippen molar-refractivity contribution in [3.8, 4) is 0 Å². The zero-order valence-corrected chi connectivity index (χ0v) is 16.4. The number of benzene rings is 1. The van der Waals surface area contributed by atoms with E-state index in [0.29, 0.717) is 18.9 Å². The van der Waals surface area contributed by atoms with Crippen LogP contribution in [0.25, 0.3) is 6.08 Å². The predicted octanol–water partition coefficient (Wildman–Crippen LogP) is 1.85. The van der Waals surface area contributed by atoms with Crippen molar-refractivity contribution in [2.45, 2.75) is 13.5 Å². The standard InChI is InChI=1S/C21H25N3O4/c1-5-14-24(15-16-10-8-7-9-11-16)19-17(12-13-18(25)28-6-2)20(26)23(4)21(27)22(19)3/h5,7-13H,1,6,14-15H2,2-4H3/b13-12+. The summed E-state index contributed by atoms with van der Waals surface area (Å²) in [5.74, 6) is -0.139. The number of hydrogen-bond acceptors (Lipinski definition) is 5. The molecule has 1 aromatic carbocycles. The Morgan fingerprint density at radius 3 is 2.46 bits per heavy atom. The quantitative estimate of drug-likeness (QED) is 0.395. The number of aromatic nitrogens is 2. The molecule has 0 unspecified atom stereocenters. The molecule has 7 heteroatoms. The van der Waals surface area contributed by atoms with E-state index in [0.717, 1.165) is 10.1 Å². The topological polar surface area (TPSA) is 73.5 Å². The van der Waals surface area contributed by atoms with Gasteiger partial charge in [0.15, 0.2) is 0 Å². The SMILES string of the molecule is C=CCN(Cc1ccccc1)c1c(/C=C/C(=O)OCC)c(=O)n(C)c(=O)n1C. The number of rotatable bonds is 8. The average molecular weight is 383 g/mol. The molecule has 0 atom stereocenters. The van der Waals surface area contributed by atoms with E-state index in [1.54, 1.807) is 20.0 Å². The van der Waals surface area contributed by atoms with Crippen LogP contribution in [0.2, 0.25) is 0 Å². The molecule has 0 aliphatic carbocycles. The van der Waals surface area contributed by atoms with E-state index in [9.17, 15) is 14.4 Å². The lowest BCUT2D eigenvalue weighted by atomic mass is 10.2. The highest BCUT2D eigenvalue weighted by Crippen LogP contribution is 2.20. The van der Waals surface area contributed by atoms with Gasteiger partial charge >= 0.3 is 11.7 Å². The first-order chi connectivity index (χ1) is 13.4. The molecule has 0 aliphatic rings. The molecule has 1 aromatic heterocycles. The molecule has 2 rings (SSSR count). The zero-order chi connectivity index (χ0) is 20.7. The molecule has 1 heterocycles. The summed E-state index contributed by atoms with van der Waals surface area (Å²) in [5.41, 5.74) is 0.310. The number of esters is 1. The summed E-state index contributed by atoms with van der Waals surface area (Å²) in [6, 6.07) is 9.69. The second kappa shape index (κ2) is 9.55. The molecule has 7 nitrogen and oxygen atoms in total. The van der Waals surface area contributed by atoms with Crippen molar-refractivity contribution < 1.29 is 9.53 Å². The maximum Gasteiger partial charge on any atom is 0.332 e. The third-order valence-electron chi connectivity index (χ3n) is 4.21. The van der Waals surface area contributed by atoms with Crippen LogP contribution < -0.4 is 16.1 Å². The Balaban J connectivity index is 2.64. The molecular weight excluding hydrogens is 358 g/mol. The number of carbonyl (C=O) groups is 1. The third kappa shape index (κ3) is 4.68. The second-order valence-electron chi connectivity index (χ2n) is 6.18. The van der Waals surface area contributed by atoms with Gasteiger partial charge in [0, 0.05) is 33.3 Å². The van der Waals surface area contributed by atoms with Crippen molar-refractivity contribution in [2.75, 3.05) is 18.1 Å². The van der Waals surface area contributed by atoms with Gasteiger partial charge < -0.3 is 9.64 Å². The Labute approximate surface area is 163 Å². The summed E-state index contributed by atoms with van der Waals surface area (Å²) in [6.45, 7) is 6.60. The van der Waals surface area contributed by atoms with Crippen molar-refractivity contribution >= 4 is 17.9 Å². The van der Waals surface area contributed by atoms with Crippen LogP contribution in [0.3, 0.4) is 0 Å². The molecule has 2 aromatic rings. The fourth-order valence-corrected chi connectivity index (χ4v) is 2.92. The van der Waals surface area contributed by atoms with Crippen LogP contribution in [0.5, 0.6) is 0 Å². The fourth-order valence-electron chi connectivity index (χ4n) is 2.92. The van der Waals surface area contributed by atoms with Crippen LogP contribution in [0.4, 0.5) is 5.82 Å². The number of hydrogen-bond donors (Lipinski definition) is 0. The van der Waals surface area contributed by atoms with Crippen LogP contribution in [0.1, 0.15) is 18.1 Å². The minimum absolute atomic E-state index is 0.232. The average Bonchev–Trinajstić information content (AvgIpc) is 2.69. The van der Waals surface area contributed by atoms with Gasteiger partial charge in [-0.15, -0.1) is 6.58 Å². The van der Waals surface area contributed by atoms with Crippen molar-refractivity contribution in [1.29, 1.82) is 0 Å². The van der Waals surface area contributed by atoms with Gasteiger partial charge in [0.05, 0.1) is 12.2 Å². The maximum absolute atomic E-state index is 12.8. The first-order valence-electron chi connectivity index (χ1n) is 8.95. The summed E-state index contributed by atoms with van der Waals surface area (Å²) in [4.78, 5) is 38.9. The highest BCUT2D eigenvalue weighted by atomic mass is 16.5. The van der Waals surface area contributed by atoms with E-state index < -0.39 is 17.2 Å². The highest BCUT2D eigenvalue weighted by molar-refractivity contribution is 5.88. The Morgan fingerprint density at radius 1 is 1.18 bits per heavy atom. The summed E-state index contributed by atoms with van der Waals surface area (Å²) < 4.78 is 7.32. The van der Waals surface area contributed by atoms with E-state index >= 15 is 0 Å². The molecule has 0 radical (unpaired) electrons. The van der Waals surface area contributed by atoms with Crippen molar-refractivity contribution in [3.05, 3.63) is 81.0 Å². The molecule has 148 valence electrons. The monoisotopic (exact) mass is 383 g/mol. The molecular formula is C21H25N3O4. The van der Waals surface area contributed by atoms with Crippen LogP contribution in [0, 0.1) is 0 Å². The van der Waals surface area contributed by atoms with Gasteiger partial charge in [0.25, 0.3) is 5.56 Å². The molecule has 0 bridgehead atoms. The zero-order valence-electron chi connectivity index (χ0n) is 16.4. The highest BCUT2D eigenvalue weighted by Gasteiger charge is 2.19. The van der Waals surface area contributed by atoms with E-state index in [1.807, 2.05) is 35.2 Å². The van der Waals surface area contributed by atoms with Gasteiger partial charge in [0.1, 0.15) is 5.82 Å². The first-order valence-corrected chi connectivity index (χ1v) is 8.95. The number of anilines is 1. The normalized spacial score (nSPS) is 10.8. The summed E-state index contributed by atoms with van der Waals surface area (Å²) >= 11 is 0. The van der Waals surface area contributed by atoms with E-state index in [1.165, 1.54) is 23.8 Å². The van der Waals surface area contributed by atoms with Crippen molar-refractivity contribution in [3.63, 3.8) is 0 Å². The fraction of sp³-hybridized carbons (Fsp3) is 0.286. The number of ether oxygens (including phenoxy) is 1. The van der Waals surface area contributed by atoms with Gasteiger partial charge in [-0.3, -0.25) is 13.9 Å². The van der Waals surface area contributed by atoms with Gasteiger partial charge in [-0.25, -0.2) is 9.59 Å². The van der Waals surface area contributed by atoms with Gasteiger partial charge in [0.2, 0.25) is 0 Å². The lowest BCUT2D eigenvalue weighted by Crippen LogP contribution is -2.42. The number of nitrogens with zero attached hydrogens (tertiary/aromatic N) is 3. The molecule has 0 amide bonds. The Morgan fingerprint density at radius 2 is 1.86 bits per heavy atom. The summed E-state index contributed by atoms with van der Waals surface area (Å²) in [6.07, 6.45) is 4.29. The van der Waals surface area contributed by atoms with Crippen molar-refractivity contribution in [2.24, 2.45) is 14.1 Å². The van der Waals surface area contributed by atoms with Crippen molar-refractivity contribution in [1.82, 2.24) is 9.13 Å². The van der Waals surface area contributed by atoms with Crippen LogP contribution in [-0.4, -0.2) is 28.3 Å². The predicted molar refractivity (Wildman–Crippen MR) is 110 cm³/mol. The lowest BCUT2D eigenvalue weighted by molar-refractivity contribution is -0.137. The molecule has 28 heavy (non-hydrogen) atoms. The van der Waals surface area contributed by atoms with Gasteiger partial charge in [-0.1, -0.05) is 36.4 Å². The van der Waals surface area contributed by atoms with Crippen LogP contribution in [-0.2, 0) is 30.2 Å². The first kappa shape index (κ1) is 21.0. The van der Waals surface area contributed by atoms with E-state index in [4.69, 9.17) is 4.74 Å².